The molecule has 0 radical (unpaired) electrons. The number of rotatable bonds is 4. The monoisotopic (exact) mass is 500 g/mol. The molecule has 4 aromatic carbocycles. The average Bonchev–Trinajstić information content (AvgIpc) is 2.67. The van der Waals surface area contributed by atoms with E-state index in [9.17, 15) is 0 Å². The quantitative estimate of drug-likeness (QED) is 0.274. The van der Waals surface area contributed by atoms with Crippen molar-refractivity contribution in [2.24, 2.45) is 0 Å². The van der Waals surface area contributed by atoms with Gasteiger partial charge in [0.1, 0.15) is 0 Å². The van der Waals surface area contributed by atoms with Gasteiger partial charge >= 0.3 is 0 Å². The number of fused-ring (bicyclic) bond motifs is 1. The summed E-state index contributed by atoms with van der Waals surface area (Å²) in [6.07, 6.45) is 0. The van der Waals surface area contributed by atoms with Gasteiger partial charge in [0.05, 0.1) is 0 Å². The maximum Gasteiger partial charge on any atom is 0.0266 e. The summed E-state index contributed by atoms with van der Waals surface area (Å²) in [5.74, 6) is 0. The predicted molar refractivity (Wildman–Crippen MR) is 120 cm³/mol. The van der Waals surface area contributed by atoms with Crippen LogP contribution in [0.3, 0.4) is 0 Å². The van der Waals surface area contributed by atoms with E-state index in [1.165, 1.54) is 30.4 Å². The van der Waals surface area contributed by atoms with Crippen LogP contribution < -0.4 is 0 Å². The van der Waals surface area contributed by atoms with Gasteiger partial charge in [-0.1, -0.05) is 91.8 Å². The molecule has 4 rings (SSSR count). The molecule has 26 heavy (non-hydrogen) atoms. The molecule has 4 aromatic rings. The number of hydrogen-bond donors (Lipinski definition) is 0. The number of benzene rings is 4. The molecule has 4 heteroatoms. The molecule has 0 heterocycles. The highest BCUT2D eigenvalue weighted by Crippen LogP contribution is 2.45. The molecule has 0 unspecified atom stereocenters. The summed E-state index contributed by atoms with van der Waals surface area (Å²) < 4.78 is 2.23. The minimum absolute atomic E-state index is 1.12. The van der Waals surface area contributed by atoms with E-state index in [2.05, 4.69) is 105 Å². The Hall–Kier alpha value is -1.20. The van der Waals surface area contributed by atoms with Crippen LogP contribution in [0.15, 0.2) is 113 Å². The molecular formula is C22H14Br2S2. The van der Waals surface area contributed by atoms with E-state index in [1.54, 1.807) is 23.5 Å². The molecule has 128 valence electrons. The van der Waals surface area contributed by atoms with Crippen molar-refractivity contribution in [1.82, 2.24) is 0 Å². The van der Waals surface area contributed by atoms with Crippen molar-refractivity contribution in [3.05, 3.63) is 93.9 Å². The van der Waals surface area contributed by atoms with Gasteiger partial charge < -0.3 is 0 Å². The second-order valence-electron chi connectivity index (χ2n) is 5.67. The number of hydrogen-bond acceptors (Lipinski definition) is 2. The number of halogens is 2. The van der Waals surface area contributed by atoms with Gasteiger partial charge in [-0.3, -0.25) is 0 Å². The zero-order valence-corrected chi connectivity index (χ0v) is 18.5. The molecule has 0 aliphatic heterocycles. The van der Waals surface area contributed by atoms with Crippen LogP contribution in [-0.4, -0.2) is 0 Å². The maximum atomic E-state index is 3.77. The molecule has 0 N–H and O–H groups in total. The average molecular weight is 502 g/mol. The summed E-state index contributed by atoms with van der Waals surface area (Å²) in [6, 6.07) is 29.7. The van der Waals surface area contributed by atoms with Crippen molar-refractivity contribution in [2.45, 2.75) is 19.6 Å². The molecule has 0 aliphatic rings. The summed E-state index contributed by atoms with van der Waals surface area (Å²) in [5, 5.41) is 2.49. The van der Waals surface area contributed by atoms with Crippen LogP contribution in [-0.2, 0) is 0 Å². The fraction of sp³-hybridized carbons (Fsp3) is 0. The molecule has 0 spiro atoms. The highest BCUT2D eigenvalue weighted by Gasteiger charge is 2.14. The molecular weight excluding hydrogens is 488 g/mol. The van der Waals surface area contributed by atoms with Gasteiger partial charge in [0, 0.05) is 39.3 Å². The molecule has 0 aliphatic carbocycles. The first-order chi connectivity index (χ1) is 12.7. The summed E-state index contributed by atoms with van der Waals surface area (Å²) in [4.78, 5) is 4.97. The van der Waals surface area contributed by atoms with Crippen molar-refractivity contribution in [1.29, 1.82) is 0 Å². The van der Waals surface area contributed by atoms with Gasteiger partial charge in [-0.2, -0.15) is 0 Å². The molecule has 0 saturated carbocycles. The van der Waals surface area contributed by atoms with E-state index in [0.717, 1.165) is 8.95 Å². The summed E-state index contributed by atoms with van der Waals surface area (Å²) >= 11 is 11.1. The standard InChI is InChI=1S/C22H14Br2S2/c23-17-12-14-20(26-16-9-5-2-6-10-16)22-18(24)11-13-19(21(17)22)25-15-7-3-1-4-8-15/h1-14H. The van der Waals surface area contributed by atoms with Crippen LogP contribution in [0.5, 0.6) is 0 Å². The van der Waals surface area contributed by atoms with Crippen LogP contribution >= 0.6 is 55.4 Å². The lowest BCUT2D eigenvalue weighted by Crippen LogP contribution is -1.86. The Bertz CT molecular complexity index is 961. The lowest BCUT2D eigenvalue weighted by Gasteiger charge is -2.14. The van der Waals surface area contributed by atoms with Gasteiger partial charge in [0.25, 0.3) is 0 Å². The van der Waals surface area contributed by atoms with Crippen LogP contribution in [0.4, 0.5) is 0 Å². The van der Waals surface area contributed by atoms with Crippen molar-refractivity contribution in [3.63, 3.8) is 0 Å². The lowest BCUT2D eigenvalue weighted by atomic mass is 10.1. The van der Waals surface area contributed by atoms with Crippen molar-refractivity contribution < 1.29 is 0 Å². The zero-order valence-electron chi connectivity index (χ0n) is 13.7. The first-order valence-corrected chi connectivity index (χ1v) is 11.3. The van der Waals surface area contributed by atoms with Crippen LogP contribution in [0, 0.1) is 0 Å². The molecule has 0 amide bonds. The van der Waals surface area contributed by atoms with E-state index in [4.69, 9.17) is 0 Å². The van der Waals surface area contributed by atoms with Gasteiger partial charge in [-0.15, -0.1) is 0 Å². The summed E-state index contributed by atoms with van der Waals surface area (Å²) in [6.45, 7) is 0. The Morgan fingerprint density at radius 2 is 0.846 bits per heavy atom. The SMILES string of the molecule is Brc1ccc(Sc2ccccc2)c2c(Br)ccc(Sc3ccccc3)c12. The first kappa shape index (κ1) is 18.2. The van der Waals surface area contributed by atoms with Crippen molar-refractivity contribution in [3.8, 4) is 0 Å². The Balaban J connectivity index is 1.85. The molecule has 0 atom stereocenters. The van der Waals surface area contributed by atoms with E-state index >= 15 is 0 Å². The van der Waals surface area contributed by atoms with Gasteiger partial charge in [-0.25, -0.2) is 0 Å². The second kappa shape index (κ2) is 8.22. The Labute approximate surface area is 178 Å². The Morgan fingerprint density at radius 3 is 1.23 bits per heavy atom. The van der Waals surface area contributed by atoms with Crippen LogP contribution in [0.25, 0.3) is 10.8 Å². The van der Waals surface area contributed by atoms with Crippen molar-refractivity contribution in [2.75, 3.05) is 0 Å². The van der Waals surface area contributed by atoms with Gasteiger partial charge in [0.15, 0.2) is 0 Å². The van der Waals surface area contributed by atoms with Gasteiger partial charge in [0.2, 0.25) is 0 Å². The highest BCUT2D eigenvalue weighted by atomic mass is 79.9. The molecule has 0 bridgehead atoms. The zero-order chi connectivity index (χ0) is 17.9. The fourth-order valence-corrected chi connectivity index (χ4v) is 6.10. The predicted octanol–water partition coefficient (Wildman–Crippen LogP) is 8.67. The van der Waals surface area contributed by atoms with E-state index in [0.29, 0.717) is 0 Å². The largest absolute Gasteiger partial charge is 0.0894 e. The van der Waals surface area contributed by atoms with Crippen LogP contribution in [0.1, 0.15) is 0 Å². The molecule has 0 nitrogen and oxygen atoms in total. The van der Waals surface area contributed by atoms with Crippen molar-refractivity contribution >= 4 is 66.2 Å². The van der Waals surface area contributed by atoms with E-state index in [-0.39, 0.29) is 0 Å². The minimum Gasteiger partial charge on any atom is -0.0894 e. The Kier molecular flexibility index (Phi) is 5.75. The third kappa shape index (κ3) is 3.89. The third-order valence-electron chi connectivity index (χ3n) is 3.92. The smallest absolute Gasteiger partial charge is 0.0266 e. The lowest BCUT2D eigenvalue weighted by molar-refractivity contribution is 1.40. The maximum absolute atomic E-state index is 3.77. The van der Waals surface area contributed by atoms with E-state index in [1.807, 2.05) is 12.1 Å². The molecule has 0 saturated heterocycles. The van der Waals surface area contributed by atoms with Gasteiger partial charge in [-0.05, 0) is 48.5 Å². The summed E-state index contributed by atoms with van der Waals surface area (Å²) in [5.41, 5.74) is 0. The highest BCUT2D eigenvalue weighted by molar-refractivity contribution is 9.11. The summed E-state index contributed by atoms with van der Waals surface area (Å²) in [7, 11) is 0. The van der Waals surface area contributed by atoms with E-state index < -0.39 is 0 Å². The first-order valence-electron chi connectivity index (χ1n) is 8.09. The fourth-order valence-electron chi connectivity index (χ4n) is 2.75. The minimum atomic E-state index is 1.12. The Morgan fingerprint density at radius 1 is 0.462 bits per heavy atom. The third-order valence-corrected chi connectivity index (χ3v) is 7.38. The molecule has 0 aromatic heterocycles. The second-order valence-corrected chi connectivity index (χ2v) is 9.61. The normalized spacial score (nSPS) is 11.0. The van der Waals surface area contributed by atoms with Crippen LogP contribution in [0.2, 0.25) is 0 Å². The molecule has 0 fully saturated rings. The topological polar surface area (TPSA) is 0 Å².